The molecular formula is C15H18N4O4S2. The number of nitrogens with zero attached hydrogens (tertiary/aromatic N) is 2. The average Bonchev–Trinajstić information content (AvgIpc) is 3.03. The Bertz CT molecular complexity index is 706. The summed E-state index contributed by atoms with van der Waals surface area (Å²) in [5, 5.41) is 14.2. The molecule has 0 radical (unpaired) electrons. The summed E-state index contributed by atoms with van der Waals surface area (Å²) < 4.78 is 9.99. The van der Waals surface area contributed by atoms with Crippen LogP contribution in [0, 0.1) is 0 Å². The van der Waals surface area contributed by atoms with Crippen molar-refractivity contribution in [1.29, 1.82) is 0 Å². The van der Waals surface area contributed by atoms with E-state index >= 15 is 0 Å². The molecule has 2 rings (SSSR count). The van der Waals surface area contributed by atoms with Crippen molar-refractivity contribution in [3.63, 3.8) is 0 Å². The molecule has 0 aliphatic carbocycles. The Morgan fingerprint density at radius 3 is 2.40 bits per heavy atom. The highest BCUT2D eigenvalue weighted by Crippen LogP contribution is 2.17. The van der Waals surface area contributed by atoms with Gasteiger partial charge in [0, 0.05) is 12.8 Å². The number of hydrogen-bond donors (Lipinski definition) is 2. The summed E-state index contributed by atoms with van der Waals surface area (Å²) in [6.07, 6.45) is 0. The lowest BCUT2D eigenvalue weighted by molar-refractivity contribution is -0.114. The van der Waals surface area contributed by atoms with Crippen LogP contribution in [0.2, 0.25) is 0 Å². The van der Waals surface area contributed by atoms with Gasteiger partial charge in [0.2, 0.25) is 16.9 Å². The first-order valence-corrected chi connectivity index (χ1v) is 9.20. The van der Waals surface area contributed by atoms with E-state index in [0.29, 0.717) is 22.4 Å². The van der Waals surface area contributed by atoms with Crippen LogP contribution in [0.4, 0.5) is 10.8 Å². The molecule has 8 nitrogen and oxygen atoms in total. The van der Waals surface area contributed by atoms with Gasteiger partial charge in [0.1, 0.15) is 17.4 Å². The molecule has 0 fully saturated rings. The van der Waals surface area contributed by atoms with Crippen LogP contribution < -0.4 is 15.4 Å². The minimum Gasteiger partial charge on any atom is -0.497 e. The van der Waals surface area contributed by atoms with E-state index in [1.807, 2.05) is 0 Å². The minimum atomic E-state index is -0.234. The predicted molar refractivity (Wildman–Crippen MR) is 98.2 cm³/mol. The molecule has 0 saturated heterocycles. The largest absolute Gasteiger partial charge is 0.497 e. The maximum Gasteiger partial charge on any atom is 0.236 e. The molecule has 25 heavy (non-hydrogen) atoms. The van der Waals surface area contributed by atoms with Gasteiger partial charge in [0.25, 0.3) is 0 Å². The Kier molecular flexibility index (Phi) is 7.64. The number of hydrogen-bond acceptors (Lipinski definition) is 8. The van der Waals surface area contributed by atoms with E-state index in [0.717, 1.165) is 5.75 Å². The third-order valence-electron chi connectivity index (χ3n) is 2.82. The van der Waals surface area contributed by atoms with E-state index < -0.39 is 0 Å². The topological polar surface area (TPSA) is 102 Å². The summed E-state index contributed by atoms with van der Waals surface area (Å²) in [5.41, 5.74) is 0.676. The first-order valence-electron chi connectivity index (χ1n) is 7.23. The molecule has 0 aliphatic rings. The molecule has 0 unspecified atom stereocenters. The number of nitrogens with one attached hydrogen (secondary N) is 2. The van der Waals surface area contributed by atoms with Gasteiger partial charge < -0.3 is 14.8 Å². The number of amides is 2. The SMILES string of the molecule is COCc1nnc(NC(=O)CSCC(=O)Nc2ccc(OC)cc2)s1. The number of thioether (sulfide) groups is 1. The molecule has 0 bridgehead atoms. The molecule has 1 aromatic heterocycles. The van der Waals surface area contributed by atoms with Crippen molar-refractivity contribution in [1.82, 2.24) is 10.2 Å². The quantitative estimate of drug-likeness (QED) is 0.684. The maximum absolute atomic E-state index is 11.9. The van der Waals surface area contributed by atoms with E-state index in [4.69, 9.17) is 9.47 Å². The summed E-state index contributed by atoms with van der Waals surface area (Å²) in [6, 6.07) is 7.02. The molecule has 2 aromatic rings. The zero-order valence-electron chi connectivity index (χ0n) is 13.8. The summed E-state index contributed by atoms with van der Waals surface area (Å²) in [7, 11) is 3.14. The summed E-state index contributed by atoms with van der Waals surface area (Å²) >= 11 is 2.47. The smallest absolute Gasteiger partial charge is 0.236 e. The lowest BCUT2D eigenvalue weighted by atomic mass is 10.3. The van der Waals surface area contributed by atoms with Gasteiger partial charge in [-0.3, -0.25) is 14.9 Å². The number of benzene rings is 1. The summed E-state index contributed by atoms with van der Waals surface area (Å²) in [5.74, 6) is 0.623. The fourth-order valence-corrected chi connectivity index (χ4v) is 3.09. The van der Waals surface area contributed by atoms with E-state index in [1.165, 1.54) is 23.1 Å². The summed E-state index contributed by atoms with van der Waals surface area (Å²) in [4.78, 5) is 23.7. The minimum absolute atomic E-state index is 0.148. The van der Waals surface area contributed by atoms with Gasteiger partial charge in [0.15, 0.2) is 0 Å². The number of carbonyl (C=O) groups excluding carboxylic acids is 2. The van der Waals surface area contributed by atoms with Gasteiger partial charge >= 0.3 is 0 Å². The van der Waals surface area contributed by atoms with E-state index in [-0.39, 0.29) is 23.3 Å². The van der Waals surface area contributed by atoms with Crippen molar-refractivity contribution in [3.05, 3.63) is 29.3 Å². The van der Waals surface area contributed by atoms with Crippen LogP contribution in [0.5, 0.6) is 5.75 Å². The fourth-order valence-electron chi connectivity index (χ4n) is 1.75. The van der Waals surface area contributed by atoms with Crippen LogP contribution in [0.3, 0.4) is 0 Å². The second-order valence-electron chi connectivity index (χ2n) is 4.75. The van der Waals surface area contributed by atoms with Gasteiger partial charge in [-0.15, -0.1) is 22.0 Å². The molecule has 10 heteroatoms. The normalized spacial score (nSPS) is 10.3. The van der Waals surface area contributed by atoms with E-state index in [2.05, 4.69) is 20.8 Å². The highest BCUT2D eigenvalue weighted by Gasteiger charge is 2.10. The Balaban J connectivity index is 1.68. The first-order chi connectivity index (χ1) is 12.1. The third-order valence-corrected chi connectivity index (χ3v) is 4.57. The Morgan fingerprint density at radius 1 is 1.08 bits per heavy atom. The molecule has 134 valence electrons. The van der Waals surface area contributed by atoms with Crippen molar-refractivity contribution < 1.29 is 19.1 Å². The van der Waals surface area contributed by atoms with Crippen LogP contribution in [0.1, 0.15) is 5.01 Å². The number of carbonyl (C=O) groups is 2. The monoisotopic (exact) mass is 382 g/mol. The second-order valence-corrected chi connectivity index (χ2v) is 6.80. The van der Waals surface area contributed by atoms with E-state index in [1.54, 1.807) is 38.5 Å². The van der Waals surface area contributed by atoms with Crippen molar-refractivity contribution >= 4 is 45.7 Å². The third kappa shape index (κ3) is 6.69. The molecule has 2 N–H and O–H groups in total. The van der Waals surface area contributed by atoms with Crippen LogP contribution in [0.25, 0.3) is 0 Å². The highest BCUT2D eigenvalue weighted by atomic mass is 32.2. The molecule has 0 saturated carbocycles. The van der Waals surface area contributed by atoms with Crippen LogP contribution >= 0.6 is 23.1 Å². The summed E-state index contributed by atoms with van der Waals surface area (Å²) in [6.45, 7) is 0.355. The lowest BCUT2D eigenvalue weighted by Crippen LogP contribution is -2.18. The number of rotatable bonds is 9. The first kappa shape index (κ1) is 19.2. The Morgan fingerprint density at radius 2 is 1.76 bits per heavy atom. The molecular weight excluding hydrogens is 364 g/mol. The maximum atomic E-state index is 11.9. The number of aromatic nitrogens is 2. The van der Waals surface area contributed by atoms with Crippen LogP contribution in [0.15, 0.2) is 24.3 Å². The van der Waals surface area contributed by atoms with Gasteiger partial charge in [-0.1, -0.05) is 11.3 Å². The molecule has 0 spiro atoms. The average molecular weight is 382 g/mol. The van der Waals surface area contributed by atoms with E-state index in [9.17, 15) is 9.59 Å². The van der Waals surface area contributed by atoms with Crippen molar-refractivity contribution in [2.75, 3.05) is 36.4 Å². The number of methoxy groups -OCH3 is 2. The lowest BCUT2D eigenvalue weighted by Gasteiger charge is -2.06. The Hall–Kier alpha value is -2.17. The van der Waals surface area contributed by atoms with Crippen molar-refractivity contribution in [2.45, 2.75) is 6.61 Å². The molecule has 1 aromatic carbocycles. The zero-order chi connectivity index (χ0) is 18.1. The standard InChI is InChI=1S/C15H18N4O4S2/c1-22-7-14-18-19-15(25-14)17-13(21)9-24-8-12(20)16-10-3-5-11(23-2)6-4-10/h3-6H,7-9H2,1-2H3,(H,16,20)(H,17,19,21). The van der Waals surface area contributed by atoms with Crippen molar-refractivity contribution in [2.24, 2.45) is 0 Å². The number of anilines is 2. The fraction of sp³-hybridized carbons (Fsp3) is 0.333. The number of ether oxygens (including phenoxy) is 2. The Labute approximate surface area is 153 Å². The molecule has 1 heterocycles. The van der Waals surface area contributed by atoms with Gasteiger partial charge in [0.05, 0.1) is 18.6 Å². The van der Waals surface area contributed by atoms with Crippen molar-refractivity contribution in [3.8, 4) is 5.75 Å². The van der Waals surface area contributed by atoms with Gasteiger partial charge in [-0.25, -0.2) is 0 Å². The zero-order valence-corrected chi connectivity index (χ0v) is 15.4. The van der Waals surface area contributed by atoms with Gasteiger partial charge in [-0.2, -0.15) is 0 Å². The van der Waals surface area contributed by atoms with Crippen LogP contribution in [-0.2, 0) is 20.9 Å². The molecule has 2 amide bonds. The highest BCUT2D eigenvalue weighted by molar-refractivity contribution is 8.00. The van der Waals surface area contributed by atoms with Gasteiger partial charge in [-0.05, 0) is 24.3 Å². The molecule has 0 aliphatic heterocycles. The second kappa shape index (κ2) is 9.97. The predicted octanol–water partition coefficient (Wildman–Crippen LogP) is 2.00. The molecule has 0 atom stereocenters. The van der Waals surface area contributed by atoms with Crippen LogP contribution in [-0.4, -0.2) is 47.7 Å².